The van der Waals surface area contributed by atoms with Crippen molar-refractivity contribution in [2.75, 3.05) is 9.80 Å². The Bertz CT molecular complexity index is 4230. The molecular formula is C75H52N2. The van der Waals surface area contributed by atoms with Crippen molar-refractivity contribution in [2.24, 2.45) is 0 Å². The number of rotatable bonds is 11. The SMILES string of the molecule is c1ccc(-c2c(-c3ccccc3-c3cc(N(c4ccccc4)c4ccc5c(c4)C(c4ccccc4)(c4ccccc4)c4ccccc4-5)cc(N(c4ccccc4)c4ccc5ccccc5c4)c3)ccc3ccccc23)cc1. The van der Waals surface area contributed by atoms with Gasteiger partial charge in [0.15, 0.2) is 0 Å². The van der Waals surface area contributed by atoms with E-state index in [2.05, 4.69) is 325 Å². The van der Waals surface area contributed by atoms with E-state index in [1.165, 1.54) is 71.6 Å². The molecule has 362 valence electrons. The molecule has 0 saturated carbocycles. The maximum atomic E-state index is 2.47. The quantitative estimate of drug-likeness (QED) is 0.127. The molecule has 0 fully saturated rings. The highest BCUT2D eigenvalue weighted by Gasteiger charge is 2.46. The summed E-state index contributed by atoms with van der Waals surface area (Å²) in [4.78, 5) is 4.89. The normalized spacial score (nSPS) is 12.3. The van der Waals surface area contributed by atoms with Gasteiger partial charge in [-0.2, -0.15) is 0 Å². The molecule has 0 N–H and O–H groups in total. The molecule has 0 bridgehead atoms. The van der Waals surface area contributed by atoms with Crippen LogP contribution in [0.5, 0.6) is 0 Å². The number of benzene rings is 13. The summed E-state index contributed by atoms with van der Waals surface area (Å²) in [5.74, 6) is 0. The maximum absolute atomic E-state index is 2.47. The molecule has 0 spiro atoms. The van der Waals surface area contributed by atoms with E-state index >= 15 is 0 Å². The van der Waals surface area contributed by atoms with Crippen LogP contribution in [0, 0.1) is 0 Å². The summed E-state index contributed by atoms with van der Waals surface area (Å²) in [5.41, 5.74) is 20.2. The summed E-state index contributed by atoms with van der Waals surface area (Å²) >= 11 is 0. The van der Waals surface area contributed by atoms with E-state index in [-0.39, 0.29) is 0 Å². The summed E-state index contributed by atoms with van der Waals surface area (Å²) in [7, 11) is 0. The van der Waals surface area contributed by atoms with Gasteiger partial charge in [-0.1, -0.05) is 249 Å². The molecule has 2 nitrogen and oxygen atoms in total. The van der Waals surface area contributed by atoms with Gasteiger partial charge in [-0.25, -0.2) is 0 Å². The van der Waals surface area contributed by atoms with Crippen molar-refractivity contribution >= 4 is 55.7 Å². The molecule has 13 aromatic carbocycles. The third-order valence-electron chi connectivity index (χ3n) is 15.7. The Hall–Kier alpha value is -10.0. The van der Waals surface area contributed by atoms with Gasteiger partial charge in [0.05, 0.1) is 5.41 Å². The Morgan fingerprint density at radius 1 is 0.221 bits per heavy atom. The van der Waals surface area contributed by atoms with E-state index in [4.69, 9.17) is 0 Å². The van der Waals surface area contributed by atoms with Crippen LogP contribution in [0.25, 0.3) is 66.1 Å². The number of nitrogens with zero attached hydrogens (tertiary/aromatic N) is 2. The van der Waals surface area contributed by atoms with Crippen molar-refractivity contribution in [3.8, 4) is 44.5 Å². The lowest BCUT2D eigenvalue weighted by molar-refractivity contribution is 0.768. The molecule has 77 heavy (non-hydrogen) atoms. The van der Waals surface area contributed by atoms with Crippen molar-refractivity contribution in [3.05, 3.63) is 338 Å². The highest BCUT2D eigenvalue weighted by Crippen LogP contribution is 2.58. The van der Waals surface area contributed by atoms with Gasteiger partial charge >= 0.3 is 0 Å². The second kappa shape index (κ2) is 19.4. The van der Waals surface area contributed by atoms with Gasteiger partial charge < -0.3 is 9.80 Å². The zero-order chi connectivity index (χ0) is 51.1. The Kier molecular flexibility index (Phi) is 11.5. The lowest BCUT2D eigenvalue weighted by Gasteiger charge is -2.35. The largest absolute Gasteiger partial charge is 0.310 e. The molecule has 1 aliphatic rings. The van der Waals surface area contributed by atoms with Gasteiger partial charge in [0.1, 0.15) is 0 Å². The zero-order valence-corrected chi connectivity index (χ0v) is 42.4. The molecule has 1 aliphatic carbocycles. The van der Waals surface area contributed by atoms with Crippen molar-refractivity contribution in [1.29, 1.82) is 0 Å². The van der Waals surface area contributed by atoms with Crippen molar-refractivity contribution in [3.63, 3.8) is 0 Å². The lowest BCUT2D eigenvalue weighted by atomic mass is 9.67. The topological polar surface area (TPSA) is 6.48 Å². The summed E-state index contributed by atoms with van der Waals surface area (Å²) in [5, 5.41) is 4.82. The second-order valence-corrected chi connectivity index (χ2v) is 20.0. The fourth-order valence-corrected chi connectivity index (χ4v) is 12.3. The lowest BCUT2D eigenvalue weighted by Crippen LogP contribution is -2.28. The zero-order valence-electron chi connectivity index (χ0n) is 42.4. The fraction of sp³-hybridized carbons (Fsp3) is 0.0133. The number of hydrogen-bond donors (Lipinski definition) is 0. The smallest absolute Gasteiger partial charge is 0.0714 e. The molecule has 0 aliphatic heterocycles. The van der Waals surface area contributed by atoms with E-state index in [9.17, 15) is 0 Å². The van der Waals surface area contributed by atoms with Crippen LogP contribution in [-0.2, 0) is 5.41 Å². The number of hydrogen-bond acceptors (Lipinski definition) is 2. The highest BCUT2D eigenvalue weighted by molar-refractivity contribution is 6.06. The minimum absolute atomic E-state index is 0.574. The molecule has 0 heterocycles. The van der Waals surface area contributed by atoms with Crippen LogP contribution in [0.3, 0.4) is 0 Å². The summed E-state index contributed by atoms with van der Waals surface area (Å²) < 4.78 is 0. The number of para-hydroxylation sites is 2. The summed E-state index contributed by atoms with van der Waals surface area (Å²) in [6, 6.07) is 116. The Morgan fingerprint density at radius 3 is 1.32 bits per heavy atom. The van der Waals surface area contributed by atoms with E-state index < -0.39 is 5.41 Å². The molecule has 0 radical (unpaired) electrons. The second-order valence-electron chi connectivity index (χ2n) is 20.0. The van der Waals surface area contributed by atoms with Crippen LogP contribution in [-0.4, -0.2) is 0 Å². The first kappa shape index (κ1) is 45.6. The highest BCUT2D eigenvalue weighted by atomic mass is 15.2. The standard InChI is InChI=1S/C75H52N2/c1-6-26-55(27-7-1)74-67-38-19-18-25-54(67)43-46-71(74)68-39-21-20-37-66(68)57-49-64(76(60-33-12-4-13-34-60)62-44-42-53-24-16-17-28-56(53)48-62)51-65(50-57)77(61-35-14-5-15-36-61)63-45-47-70-69-40-22-23-41-72(69)75(73(70)52-63,58-29-8-2-9-30-58)59-31-10-3-11-32-59/h1-52H. The first-order valence-electron chi connectivity index (χ1n) is 26.6. The van der Waals surface area contributed by atoms with Gasteiger partial charge in [0.25, 0.3) is 0 Å². The summed E-state index contributed by atoms with van der Waals surface area (Å²) in [6.45, 7) is 0. The van der Waals surface area contributed by atoms with Crippen molar-refractivity contribution in [1.82, 2.24) is 0 Å². The van der Waals surface area contributed by atoms with Crippen LogP contribution < -0.4 is 9.80 Å². The monoisotopic (exact) mass is 980 g/mol. The third-order valence-corrected chi connectivity index (χ3v) is 15.7. The van der Waals surface area contributed by atoms with Crippen LogP contribution in [0.1, 0.15) is 22.3 Å². The maximum Gasteiger partial charge on any atom is 0.0714 e. The van der Waals surface area contributed by atoms with Gasteiger partial charge in [-0.05, 0) is 155 Å². The van der Waals surface area contributed by atoms with E-state index in [0.717, 1.165) is 50.8 Å². The van der Waals surface area contributed by atoms with E-state index in [1.807, 2.05) is 0 Å². The van der Waals surface area contributed by atoms with E-state index in [0.29, 0.717) is 0 Å². The Balaban J connectivity index is 1.05. The molecule has 0 saturated heterocycles. The van der Waals surface area contributed by atoms with Crippen LogP contribution in [0.4, 0.5) is 34.1 Å². The van der Waals surface area contributed by atoms with Gasteiger partial charge in [-0.3, -0.25) is 0 Å². The van der Waals surface area contributed by atoms with Gasteiger partial charge in [-0.15, -0.1) is 0 Å². The van der Waals surface area contributed by atoms with E-state index in [1.54, 1.807) is 0 Å². The summed E-state index contributed by atoms with van der Waals surface area (Å²) in [6.07, 6.45) is 0. The molecule has 0 atom stereocenters. The van der Waals surface area contributed by atoms with Crippen LogP contribution >= 0.6 is 0 Å². The predicted molar refractivity (Wildman–Crippen MR) is 324 cm³/mol. The van der Waals surface area contributed by atoms with Crippen molar-refractivity contribution < 1.29 is 0 Å². The average Bonchev–Trinajstić information content (AvgIpc) is 4.04. The van der Waals surface area contributed by atoms with Gasteiger partial charge in [0, 0.05) is 34.1 Å². The average molecular weight is 981 g/mol. The minimum atomic E-state index is -0.574. The molecule has 0 amide bonds. The first-order chi connectivity index (χ1) is 38.2. The van der Waals surface area contributed by atoms with Gasteiger partial charge in [0.2, 0.25) is 0 Å². The minimum Gasteiger partial charge on any atom is -0.310 e. The van der Waals surface area contributed by atoms with Crippen molar-refractivity contribution in [2.45, 2.75) is 5.41 Å². The molecule has 0 unspecified atom stereocenters. The fourth-order valence-electron chi connectivity index (χ4n) is 12.3. The molecule has 0 aromatic heterocycles. The Morgan fingerprint density at radius 2 is 0.675 bits per heavy atom. The molecule has 2 heteroatoms. The third kappa shape index (κ3) is 7.89. The number of anilines is 6. The molecule has 13 aromatic rings. The predicted octanol–water partition coefficient (Wildman–Crippen LogP) is 20.3. The first-order valence-corrected chi connectivity index (χ1v) is 26.6. The Labute approximate surface area is 450 Å². The molecular weight excluding hydrogens is 929 g/mol. The van der Waals surface area contributed by atoms with Crippen LogP contribution in [0.15, 0.2) is 315 Å². The van der Waals surface area contributed by atoms with Crippen LogP contribution in [0.2, 0.25) is 0 Å². The number of fused-ring (bicyclic) bond motifs is 5. The molecule has 14 rings (SSSR count).